The molecule has 0 aromatic carbocycles. The van der Waals surface area contributed by atoms with E-state index in [1.807, 2.05) is 46.4 Å². The molecular weight excluding hydrogens is 310 g/mol. The molecule has 1 N–H and O–H groups in total. The molecule has 6 heteroatoms. The van der Waals surface area contributed by atoms with Gasteiger partial charge in [0.2, 0.25) is 0 Å². The molecule has 1 unspecified atom stereocenters. The highest BCUT2D eigenvalue weighted by molar-refractivity contribution is 5.81. The second-order valence-electron chi connectivity index (χ2n) is 7.40. The van der Waals surface area contributed by atoms with Crippen LogP contribution in [0.3, 0.4) is 0 Å². The average molecular weight is 345 g/mol. The van der Waals surface area contributed by atoms with Crippen LogP contribution in [0.1, 0.15) is 61.3 Å². The third-order valence-corrected chi connectivity index (χ3v) is 2.75. The SMILES string of the molecule is C=CC(=O)OC(C)(C)C.CC1CCCN1C(=O)OC(C)(C)C.CO. The quantitative estimate of drug-likeness (QED) is 0.581. The Hall–Kier alpha value is -1.56. The second kappa shape index (κ2) is 11.1. The van der Waals surface area contributed by atoms with Gasteiger partial charge in [-0.25, -0.2) is 9.59 Å². The molecule has 1 amide bonds. The zero-order valence-electron chi connectivity index (χ0n) is 16.5. The molecule has 6 nitrogen and oxygen atoms in total. The first-order valence-electron chi connectivity index (χ1n) is 8.15. The Morgan fingerprint density at radius 1 is 1.08 bits per heavy atom. The van der Waals surface area contributed by atoms with Crippen molar-refractivity contribution in [3.63, 3.8) is 0 Å². The van der Waals surface area contributed by atoms with E-state index >= 15 is 0 Å². The van der Waals surface area contributed by atoms with Gasteiger partial charge in [-0.15, -0.1) is 0 Å². The van der Waals surface area contributed by atoms with E-state index in [1.165, 1.54) is 0 Å². The van der Waals surface area contributed by atoms with Crippen molar-refractivity contribution >= 4 is 12.1 Å². The summed E-state index contributed by atoms with van der Waals surface area (Å²) in [4.78, 5) is 23.9. The molecule has 0 aromatic rings. The van der Waals surface area contributed by atoms with E-state index in [4.69, 9.17) is 14.6 Å². The Bertz CT molecular complexity index is 393. The number of amides is 1. The molecule has 0 spiro atoms. The van der Waals surface area contributed by atoms with Crippen molar-refractivity contribution in [3.05, 3.63) is 12.7 Å². The maximum atomic E-state index is 11.6. The zero-order valence-corrected chi connectivity index (χ0v) is 16.5. The molecule has 0 aromatic heterocycles. The summed E-state index contributed by atoms with van der Waals surface area (Å²) in [6.45, 7) is 17.3. The average Bonchev–Trinajstić information content (AvgIpc) is 2.84. The van der Waals surface area contributed by atoms with E-state index in [-0.39, 0.29) is 17.7 Å². The van der Waals surface area contributed by atoms with Gasteiger partial charge in [0.1, 0.15) is 11.2 Å². The van der Waals surface area contributed by atoms with Gasteiger partial charge < -0.3 is 19.5 Å². The summed E-state index contributed by atoms with van der Waals surface area (Å²) >= 11 is 0. The minimum atomic E-state index is -0.398. The first-order chi connectivity index (χ1) is 10.9. The maximum absolute atomic E-state index is 11.6. The molecule has 1 atom stereocenters. The summed E-state index contributed by atoms with van der Waals surface area (Å²) in [5.74, 6) is -0.373. The summed E-state index contributed by atoms with van der Waals surface area (Å²) in [6.07, 6.45) is 3.18. The molecular formula is C18H35NO5. The number of carbonyl (C=O) groups excluding carboxylic acids is 2. The summed E-state index contributed by atoms with van der Waals surface area (Å²) in [7, 11) is 1.00. The Morgan fingerprint density at radius 2 is 1.54 bits per heavy atom. The Morgan fingerprint density at radius 3 is 1.79 bits per heavy atom. The van der Waals surface area contributed by atoms with Gasteiger partial charge in [0.15, 0.2) is 0 Å². The standard InChI is InChI=1S/C10H19NO2.C7H12O2.CH4O/c1-8-6-5-7-11(8)9(12)13-10(2,3)4;1-5-6(8)9-7(2,3)4;1-2/h8H,5-7H2,1-4H3;5H,1H2,2-4H3;2H,1H3. The van der Waals surface area contributed by atoms with E-state index in [0.29, 0.717) is 6.04 Å². The highest BCUT2D eigenvalue weighted by atomic mass is 16.6. The van der Waals surface area contributed by atoms with Crippen molar-refractivity contribution in [1.29, 1.82) is 0 Å². The van der Waals surface area contributed by atoms with Crippen molar-refractivity contribution in [1.82, 2.24) is 4.90 Å². The number of nitrogens with zero attached hydrogens (tertiary/aromatic N) is 1. The molecule has 0 bridgehead atoms. The predicted octanol–water partition coefficient (Wildman–Crippen LogP) is 3.53. The van der Waals surface area contributed by atoms with Crippen LogP contribution >= 0.6 is 0 Å². The van der Waals surface area contributed by atoms with Gasteiger partial charge in [0.25, 0.3) is 0 Å². The van der Waals surface area contributed by atoms with E-state index in [0.717, 1.165) is 32.6 Å². The monoisotopic (exact) mass is 345 g/mol. The number of aliphatic hydroxyl groups excluding tert-OH is 1. The van der Waals surface area contributed by atoms with Crippen molar-refractivity contribution in [2.24, 2.45) is 0 Å². The first-order valence-corrected chi connectivity index (χ1v) is 8.15. The van der Waals surface area contributed by atoms with E-state index in [1.54, 1.807) is 0 Å². The number of esters is 1. The lowest BCUT2D eigenvalue weighted by Crippen LogP contribution is -2.38. The maximum Gasteiger partial charge on any atom is 0.410 e. The van der Waals surface area contributed by atoms with Crippen molar-refractivity contribution in [2.75, 3.05) is 13.7 Å². The molecule has 1 aliphatic heterocycles. The summed E-state index contributed by atoms with van der Waals surface area (Å²) in [5, 5.41) is 7.00. The van der Waals surface area contributed by atoms with Crippen LogP contribution in [-0.4, -0.2) is 53.0 Å². The van der Waals surface area contributed by atoms with Crippen molar-refractivity contribution in [3.8, 4) is 0 Å². The Balaban J connectivity index is 0. The number of carbonyl (C=O) groups is 2. The largest absolute Gasteiger partial charge is 0.457 e. The number of ether oxygens (including phenoxy) is 2. The van der Waals surface area contributed by atoms with Gasteiger partial charge in [0, 0.05) is 25.8 Å². The van der Waals surface area contributed by atoms with Crippen molar-refractivity contribution in [2.45, 2.75) is 78.6 Å². The highest BCUT2D eigenvalue weighted by Crippen LogP contribution is 2.19. The van der Waals surface area contributed by atoms with Crippen LogP contribution in [0.25, 0.3) is 0 Å². The molecule has 1 aliphatic rings. The van der Waals surface area contributed by atoms with E-state index in [2.05, 4.69) is 13.5 Å². The summed E-state index contributed by atoms with van der Waals surface area (Å²) < 4.78 is 10.1. The van der Waals surface area contributed by atoms with Gasteiger partial charge in [-0.05, 0) is 61.3 Å². The van der Waals surface area contributed by atoms with Crippen LogP contribution in [0.2, 0.25) is 0 Å². The third kappa shape index (κ3) is 12.9. The van der Waals surface area contributed by atoms with Crippen molar-refractivity contribution < 1.29 is 24.2 Å². The third-order valence-electron chi connectivity index (χ3n) is 2.75. The summed E-state index contributed by atoms with van der Waals surface area (Å²) in [6, 6.07) is 0.342. The minimum Gasteiger partial charge on any atom is -0.457 e. The van der Waals surface area contributed by atoms with Crippen LogP contribution in [0.4, 0.5) is 4.79 Å². The first kappa shape index (κ1) is 24.7. The molecule has 142 valence electrons. The van der Waals surface area contributed by atoms with Gasteiger partial charge in [-0.3, -0.25) is 0 Å². The summed E-state index contributed by atoms with van der Waals surface area (Å²) in [5.41, 5.74) is -0.773. The number of rotatable bonds is 1. The number of likely N-dealkylation sites (tertiary alicyclic amines) is 1. The fourth-order valence-electron chi connectivity index (χ4n) is 1.87. The second-order valence-corrected chi connectivity index (χ2v) is 7.40. The normalized spacial score (nSPS) is 16.9. The van der Waals surface area contributed by atoms with E-state index in [9.17, 15) is 9.59 Å². The molecule has 0 aliphatic carbocycles. The van der Waals surface area contributed by atoms with Crippen LogP contribution < -0.4 is 0 Å². The van der Waals surface area contributed by atoms with Crippen LogP contribution in [-0.2, 0) is 14.3 Å². The fraction of sp³-hybridized carbons (Fsp3) is 0.778. The van der Waals surface area contributed by atoms with Crippen LogP contribution in [0.5, 0.6) is 0 Å². The minimum absolute atomic E-state index is 0.169. The molecule has 1 saturated heterocycles. The molecule has 24 heavy (non-hydrogen) atoms. The molecule has 1 heterocycles. The van der Waals surface area contributed by atoms with Crippen LogP contribution in [0, 0.1) is 0 Å². The molecule has 1 fully saturated rings. The topological polar surface area (TPSA) is 76.1 Å². The lowest BCUT2D eigenvalue weighted by atomic mass is 10.2. The Labute approximate surface area is 146 Å². The lowest BCUT2D eigenvalue weighted by Gasteiger charge is -2.26. The lowest BCUT2D eigenvalue weighted by molar-refractivity contribution is -0.148. The fourth-order valence-corrected chi connectivity index (χ4v) is 1.87. The number of aliphatic hydroxyl groups is 1. The van der Waals surface area contributed by atoms with Gasteiger partial charge >= 0.3 is 12.1 Å². The molecule has 1 rings (SSSR count). The molecule has 0 radical (unpaired) electrons. The smallest absolute Gasteiger partial charge is 0.410 e. The Kier molecular flexibility index (Phi) is 11.4. The predicted molar refractivity (Wildman–Crippen MR) is 95.8 cm³/mol. The van der Waals surface area contributed by atoms with E-state index < -0.39 is 5.60 Å². The molecule has 0 saturated carbocycles. The van der Waals surface area contributed by atoms with Crippen LogP contribution in [0.15, 0.2) is 12.7 Å². The number of hydrogen-bond donors (Lipinski definition) is 1. The van der Waals surface area contributed by atoms with Gasteiger partial charge in [-0.2, -0.15) is 0 Å². The van der Waals surface area contributed by atoms with Gasteiger partial charge in [0.05, 0.1) is 0 Å². The van der Waals surface area contributed by atoms with Gasteiger partial charge in [-0.1, -0.05) is 6.58 Å². The number of hydrogen-bond acceptors (Lipinski definition) is 5. The zero-order chi connectivity index (χ0) is 19.6. The highest BCUT2D eigenvalue weighted by Gasteiger charge is 2.29.